The molecule has 4 N–H and O–H groups in total. The van der Waals surface area contributed by atoms with Crippen molar-refractivity contribution in [2.24, 2.45) is 16.6 Å². The highest BCUT2D eigenvalue weighted by Gasteiger charge is 2.23. The van der Waals surface area contributed by atoms with E-state index in [0.29, 0.717) is 25.9 Å². The molecule has 1 rings (SSSR count). The molecule has 1 heterocycles. The van der Waals surface area contributed by atoms with Crippen LogP contribution in [0.1, 0.15) is 32.6 Å². The molecule has 0 radical (unpaired) electrons. The number of sulfonamides is 1. The smallest absolute Gasteiger partial charge is 0.217 e. The van der Waals surface area contributed by atoms with Crippen LogP contribution in [0.3, 0.4) is 0 Å². The van der Waals surface area contributed by atoms with Gasteiger partial charge in [-0.15, -0.1) is 24.0 Å². The summed E-state index contributed by atoms with van der Waals surface area (Å²) in [5.41, 5.74) is 5.29. The number of halogens is 1. The van der Waals surface area contributed by atoms with Gasteiger partial charge in [-0.1, -0.05) is 0 Å². The topological polar surface area (TPSA) is 117 Å². The van der Waals surface area contributed by atoms with E-state index in [1.165, 1.54) is 0 Å². The lowest BCUT2D eigenvalue weighted by Gasteiger charge is -2.34. The Bertz CT molecular complexity index is 513. The lowest BCUT2D eigenvalue weighted by molar-refractivity contribution is -0.119. The molecule has 1 fully saturated rings. The van der Waals surface area contributed by atoms with Gasteiger partial charge in [0.1, 0.15) is 0 Å². The zero-order valence-corrected chi connectivity index (χ0v) is 17.6. The molecule has 142 valence electrons. The molecule has 0 aromatic heterocycles. The second-order valence-electron chi connectivity index (χ2n) is 5.88. The van der Waals surface area contributed by atoms with Crippen LogP contribution in [0.5, 0.6) is 0 Å². The van der Waals surface area contributed by atoms with Crippen LogP contribution in [0.15, 0.2) is 4.99 Å². The first-order valence-corrected chi connectivity index (χ1v) is 9.97. The number of likely N-dealkylation sites (tertiary alicyclic amines) is 1. The van der Waals surface area contributed by atoms with Crippen LogP contribution in [-0.4, -0.2) is 64.2 Å². The Morgan fingerprint density at radius 2 is 2.12 bits per heavy atom. The molecule has 0 aromatic carbocycles. The number of carbonyl (C=O) groups is 1. The van der Waals surface area contributed by atoms with Gasteiger partial charge in [0.15, 0.2) is 5.96 Å². The summed E-state index contributed by atoms with van der Waals surface area (Å²) in [6.45, 7) is 5.37. The summed E-state index contributed by atoms with van der Waals surface area (Å²) >= 11 is 0. The fraction of sp³-hybridized carbons (Fsp3) is 0.857. The third-order valence-electron chi connectivity index (χ3n) is 3.60. The van der Waals surface area contributed by atoms with Crippen LogP contribution in [-0.2, 0) is 14.8 Å². The van der Waals surface area contributed by atoms with Crippen molar-refractivity contribution in [2.45, 2.75) is 32.6 Å². The van der Waals surface area contributed by atoms with Crippen molar-refractivity contribution in [1.82, 2.24) is 14.9 Å². The molecule has 0 spiro atoms. The molecule has 8 nitrogen and oxygen atoms in total. The van der Waals surface area contributed by atoms with E-state index in [0.717, 1.165) is 44.7 Å². The van der Waals surface area contributed by atoms with Gasteiger partial charge in [0, 0.05) is 39.1 Å². The third kappa shape index (κ3) is 10.3. The Labute approximate surface area is 162 Å². The number of amides is 1. The molecule has 1 atom stereocenters. The summed E-state index contributed by atoms with van der Waals surface area (Å²) in [5.74, 6) is 0.837. The molecule has 1 unspecified atom stereocenters. The fourth-order valence-corrected chi connectivity index (χ4v) is 3.17. The Balaban J connectivity index is 0.00000529. The minimum absolute atomic E-state index is 0. The number of hydrogen-bond donors (Lipinski definition) is 3. The van der Waals surface area contributed by atoms with E-state index >= 15 is 0 Å². The van der Waals surface area contributed by atoms with Crippen LogP contribution < -0.4 is 15.8 Å². The Hall–Kier alpha value is -0.620. The monoisotopic (exact) mass is 475 g/mol. The van der Waals surface area contributed by atoms with E-state index in [9.17, 15) is 13.2 Å². The van der Waals surface area contributed by atoms with Crippen molar-refractivity contribution in [3.05, 3.63) is 0 Å². The molecule has 0 aromatic rings. The highest BCUT2D eigenvalue weighted by atomic mass is 127. The molecule has 1 amide bonds. The number of guanidine groups is 1. The SMILES string of the molecule is CCNC(=NCCCNS(C)(=O)=O)N1CCCC(CC(N)=O)C1.I. The summed E-state index contributed by atoms with van der Waals surface area (Å²) in [5, 5.41) is 3.25. The first-order chi connectivity index (χ1) is 10.8. The van der Waals surface area contributed by atoms with Crippen molar-refractivity contribution < 1.29 is 13.2 Å². The van der Waals surface area contributed by atoms with Gasteiger partial charge in [-0.05, 0) is 32.1 Å². The zero-order chi connectivity index (χ0) is 17.3. The van der Waals surface area contributed by atoms with E-state index < -0.39 is 10.0 Å². The quantitative estimate of drug-likeness (QED) is 0.199. The number of nitrogens with one attached hydrogen (secondary N) is 2. The van der Waals surface area contributed by atoms with Gasteiger partial charge < -0.3 is 16.0 Å². The summed E-state index contributed by atoms with van der Waals surface area (Å²) in [6.07, 6.45) is 4.22. The van der Waals surface area contributed by atoms with E-state index in [4.69, 9.17) is 5.73 Å². The van der Waals surface area contributed by atoms with Crippen molar-refractivity contribution in [2.75, 3.05) is 39.0 Å². The van der Waals surface area contributed by atoms with Crippen molar-refractivity contribution >= 4 is 45.9 Å². The second-order valence-corrected chi connectivity index (χ2v) is 7.71. The van der Waals surface area contributed by atoms with E-state index in [1.54, 1.807) is 0 Å². The van der Waals surface area contributed by atoms with Crippen LogP contribution >= 0.6 is 24.0 Å². The van der Waals surface area contributed by atoms with Crippen LogP contribution in [0, 0.1) is 5.92 Å². The average Bonchev–Trinajstić information content (AvgIpc) is 2.44. The van der Waals surface area contributed by atoms with Crippen LogP contribution in [0.2, 0.25) is 0 Å². The standard InChI is InChI=1S/C14H29N5O3S.HI/c1-3-16-14(17-7-5-8-18-23(2,21)22)19-9-4-6-12(11-19)10-13(15)20;/h12,18H,3-11H2,1-2H3,(H2,15,20)(H,16,17);1H. The maximum atomic E-state index is 11.1. The number of aliphatic imine (C=N–C) groups is 1. The molecule has 0 saturated carbocycles. The predicted octanol–water partition coefficient (Wildman–Crippen LogP) is 0.0966. The van der Waals surface area contributed by atoms with E-state index in [1.807, 2.05) is 6.92 Å². The van der Waals surface area contributed by atoms with Crippen molar-refractivity contribution in [1.29, 1.82) is 0 Å². The molecule has 1 saturated heterocycles. The van der Waals surface area contributed by atoms with Crippen molar-refractivity contribution in [3.63, 3.8) is 0 Å². The maximum Gasteiger partial charge on any atom is 0.217 e. The minimum Gasteiger partial charge on any atom is -0.370 e. The number of primary amides is 1. The third-order valence-corrected chi connectivity index (χ3v) is 4.33. The molecule has 0 bridgehead atoms. The molecule has 1 aliphatic heterocycles. The van der Waals surface area contributed by atoms with Gasteiger partial charge in [0.2, 0.25) is 15.9 Å². The van der Waals surface area contributed by atoms with Crippen LogP contribution in [0.25, 0.3) is 0 Å². The average molecular weight is 475 g/mol. The number of rotatable bonds is 8. The van der Waals surface area contributed by atoms with Gasteiger partial charge in [0.05, 0.1) is 6.26 Å². The molecule has 0 aliphatic carbocycles. The van der Waals surface area contributed by atoms with Gasteiger partial charge in [-0.3, -0.25) is 9.79 Å². The molecule has 24 heavy (non-hydrogen) atoms. The second kappa shape index (κ2) is 11.9. The Morgan fingerprint density at radius 3 is 2.71 bits per heavy atom. The van der Waals surface area contributed by atoms with Gasteiger partial charge in [0.25, 0.3) is 0 Å². The summed E-state index contributed by atoms with van der Waals surface area (Å²) in [4.78, 5) is 17.8. The lowest BCUT2D eigenvalue weighted by atomic mass is 9.95. The molecular weight excluding hydrogens is 445 g/mol. The lowest BCUT2D eigenvalue weighted by Crippen LogP contribution is -2.47. The van der Waals surface area contributed by atoms with Crippen LogP contribution in [0.4, 0.5) is 0 Å². The fourth-order valence-electron chi connectivity index (χ4n) is 2.66. The Morgan fingerprint density at radius 1 is 1.42 bits per heavy atom. The Kier molecular flexibility index (Phi) is 11.5. The number of nitrogens with two attached hydrogens (primary N) is 1. The highest BCUT2D eigenvalue weighted by Crippen LogP contribution is 2.19. The summed E-state index contributed by atoms with van der Waals surface area (Å²) in [7, 11) is -3.14. The number of hydrogen-bond acceptors (Lipinski definition) is 4. The van der Waals surface area contributed by atoms with Gasteiger partial charge >= 0.3 is 0 Å². The van der Waals surface area contributed by atoms with Crippen molar-refractivity contribution in [3.8, 4) is 0 Å². The molecule has 10 heteroatoms. The normalized spacial score (nSPS) is 18.8. The molecule has 1 aliphatic rings. The van der Waals surface area contributed by atoms with E-state index in [2.05, 4.69) is 19.9 Å². The maximum absolute atomic E-state index is 11.1. The predicted molar refractivity (Wildman–Crippen MR) is 107 cm³/mol. The molecular formula is C14H30IN5O3S. The summed E-state index contributed by atoms with van der Waals surface area (Å²) < 4.78 is 24.4. The van der Waals surface area contributed by atoms with E-state index in [-0.39, 0.29) is 35.8 Å². The zero-order valence-electron chi connectivity index (χ0n) is 14.5. The number of piperidine rings is 1. The minimum atomic E-state index is -3.14. The number of carbonyl (C=O) groups excluding carboxylic acids is 1. The first-order valence-electron chi connectivity index (χ1n) is 8.08. The first kappa shape index (κ1) is 23.4. The highest BCUT2D eigenvalue weighted by molar-refractivity contribution is 14.0. The van der Waals surface area contributed by atoms with Gasteiger partial charge in [-0.2, -0.15) is 0 Å². The number of nitrogens with zero attached hydrogens (tertiary/aromatic N) is 2. The largest absolute Gasteiger partial charge is 0.370 e. The summed E-state index contributed by atoms with van der Waals surface area (Å²) in [6, 6.07) is 0. The van der Waals surface area contributed by atoms with Gasteiger partial charge in [-0.25, -0.2) is 13.1 Å².